The number of nitrogens with one attached hydrogen (secondary N) is 1. The minimum absolute atomic E-state index is 0.151. The van der Waals surface area contributed by atoms with Gasteiger partial charge >= 0.3 is 0 Å². The van der Waals surface area contributed by atoms with Gasteiger partial charge in [0.1, 0.15) is 5.15 Å². The quantitative estimate of drug-likeness (QED) is 0.858. The van der Waals surface area contributed by atoms with Gasteiger partial charge in [-0.15, -0.1) is 0 Å². The molecule has 0 saturated carbocycles. The van der Waals surface area contributed by atoms with E-state index in [4.69, 9.17) is 11.6 Å². The zero-order valence-corrected chi connectivity index (χ0v) is 10.7. The van der Waals surface area contributed by atoms with Crippen LogP contribution in [0.15, 0.2) is 42.6 Å². The van der Waals surface area contributed by atoms with E-state index in [0.29, 0.717) is 16.4 Å². The number of halogens is 1. The lowest BCUT2D eigenvalue weighted by molar-refractivity contribution is 0.102. The second-order valence-corrected chi connectivity index (χ2v) is 4.26. The summed E-state index contributed by atoms with van der Waals surface area (Å²) < 4.78 is 0. The molecular formula is C14H13ClN2O. The van der Waals surface area contributed by atoms with Crippen molar-refractivity contribution in [2.45, 2.75) is 13.3 Å². The van der Waals surface area contributed by atoms with Crippen LogP contribution in [0.25, 0.3) is 0 Å². The van der Waals surface area contributed by atoms with Crippen molar-refractivity contribution in [2.75, 3.05) is 5.32 Å². The zero-order chi connectivity index (χ0) is 13.0. The Bertz CT molecular complexity index is 535. The zero-order valence-electron chi connectivity index (χ0n) is 9.98. The maximum atomic E-state index is 11.9. The predicted octanol–water partition coefficient (Wildman–Crippen LogP) is 3.55. The van der Waals surface area contributed by atoms with E-state index >= 15 is 0 Å². The van der Waals surface area contributed by atoms with Crippen LogP contribution >= 0.6 is 11.6 Å². The molecule has 2 rings (SSSR count). The third-order valence-corrected chi connectivity index (χ3v) is 2.83. The molecule has 1 amide bonds. The first kappa shape index (κ1) is 12.6. The fraction of sp³-hybridized carbons (Fsp3) is 0.143. The first-order valence-electron chi connectivity index (χ1n) is 5.71. The number of amides is 1. The smallest absolute Gasteiger partial charge is 0.255 e. The van der Waals surface area contributed by atoms with Crippen molar-refractivity contribution in [2.24, 2.45) is 0 Å². The van der Waals surface area contributed by atoms with Gasteiger partial charge in [0.25, 0.3) is 5.91 Å². The molecule has 0 fully saturated rings. The Kier molecular flexibility index (Phi) is 3.95. The summed E-state index contributed by atoms with van der Waals surface area (Å²) in [7, 11) is 0. The van der Waals surface area contributed by atoms with Crippen molar-refractivity contribution >= 4 is 23.2 Å². The number of hydrogen-bond donors (Lipinski definition) is 1. The Balaban J connectivity index is 2.09. The van der Waals surface area contributed by atoms with Gasteiger partial charge in [-0.3, -0.25) is 4.79 Å². The minimum Gasteiger partial charge on any atom is -0.321 e. The van der Waals surface area contributed by atoms with Crippen LogP contribution in [0.5, 0.6) is 0 Å². The summed E-state index contributed by atoms with van der Waals surface area (Å²) in [4.78, 5) is 15.8. The van der Waals surface area contributed by atoms with Crippen molar-refractivity contribution in [3.05, 3.63) is 58.9 Å². The third-order valence-electron chi connectivity index (χ3n) is 2.61. The molecule has 1 heterocycles. The second-order valence-electron chi connectivity index (χ2n) is 3.87. The van der Waals surface area contributed by atoms with Gasteiger partial charge in [0.05, 0.1) is 11.9 Å². The number of hydrogen-bond acceptors (Lipinski definition) is 2. The Morgan fingerprint density at radius 1 is 1.22 bits per heavy atom. The Labute approximate surface area is 111 Å². The number of nitrogens with zero attached hydrogens (tertiary/aromatic N) is 1. The van der Waals surface area contributed by atoms with E-state index in [1.54, 1.807) is 12.1 Å². The van der Waals surface area contributed by atoms with Gasteiger partial charge in [-0.05, 0) is 36.2 Å². The summed E-state index contributed by atoms with van der Waals surface area (Å²) >= 11 is 5.67. The summed E-state index contributed by atoms with van der Waals surface area (Å²) in [5.74, 6) is -0.151. The molecule has 0 bridgehead atoms. The van der Waals surface area contributed by atoms with E-state index in [-0.39, 0.29) is 5.91 Å². The molecule has 1 N–H and O–H groups in total. The molecule has 1 aromatic carbocycles. The monoisotopic (exact) mass is 260 g/mol. The fourth-order valence-electron chi connectivity index (χ4n) is 1.54. The van der Waals surface area contributed by atoms with Crippen LogP contribution in [-0.2, 0) is 6.42 Å². The number of anilines is 1. The van der Waals surface area contributed by atoms with E-state index in [2.05, 4.69) is 17.2 Å². The molecule has 92 valence electrons. The number of rotatable bonds is 3. The molecule has 0 aliphatic heterocycles. The van der Waals surface area contributed by atoms with Crippen molar-refractivity contribution in [3.63, 3.8) is 0 Å². The van der Waals surface area contributed by atoms with Crippen LogP contribution in [0.4, 0.5) is 5.69 Å². The lowest BCUT2D eigenvalue weighted by Crippen LogP contribution is -2.11. The summed E-state index contributed by atoms with van der Waals surface area (Å²) in [6.07, 6.45) is 2.49. The highest BCUT2D eigenvalue weighted by molar-refractivity contribution is 6.29. The van der Waals surface area contributed by atoms with Gasteiger partial charge in [-0.25, -0.2) is 4.98 Å². The number of carbonyl (C=O) groups is 1. The molecule has 0 aliphatic carbocycles. The number of benzene rings is 1. The van der Waals surface area contributed by atoms with E-state index in [1.165, 1.54) is 11.8 Å². The molecular weight excluding hydrogens is 248 g/mol. The van der Waals surface area contributed by atoms with Crippen molar-refractivity contribution in [1.82, 2.24) is 4.98 Å². The second kappa shape index (κ2) is 5.65. The lowest BCUT2D eigenvalue weighted by atomic mass is 10.1. The SMILES string of the molecule is CCc1ccc(C(=O)Nc2ccc(Cl)nc2)cc1. The number of carbonyl (C=O) groups excluding carboxylic acids is 1. The van der Waals surface area contributed by atoms with Gasteiger partial charge < -0.3 is 5.32 Å². The Morgan fingerprint density at radius 2 is 1.94 bits per heavy atom. The summed E-state index contributed by atoms with van der Waals surface area (Å²) in [6.45, 7) is 2.08. The van der Waals surface area contributed by atoms with Crippen molar-refractivity contribution in [1.29, 1.82) is 0 Å². The molecule has 0 atom stereocenters. The molecule has 2 aromatic rings. The van der Waals surface area contributed by atoms with Crippen molar-refractivity contribution < 1.29 is 4.79 Å². The molecule has 0 saturated heterocycles. The molecule has 3 nitrogen and oxygen atoms in total. The van der Waals surface area contributed by atoms with Gasteiger partial charge in [-0.1, -0.05) is 30.7 Å². The topological polar surface area (TPSA) is 42.0 Å². The number of aromatic nitrogens is 1. The highest BCUT2D eigenvalue weighted by Crippen LogP contribution is 2.12. The predicted molar refractivity (Wildman–Crippen MR) is 73.0 cm³/mol. The first-order valence-corrected chi connectivity index (χ1v) is 6.08. The summed E-state index contributed by atoms with van der Waals surface area (Å²) in [6, 6.07) is 10.9. The summed E-state index contributed by atoms with van der Waals surface area (Å²) in [5, 5.41) is 3.17. The van der Waals surface area contributed by atoms with Crippen molar-refractivity contribution in [3.8, 4) is 0 Å². The minimum atomic E-state index is -0.151. The average Bonchev–Trinajstić information content (AvgIpc) is 2.41. The van der Waals surface area contributed by atoms with Crippen LogP contribution in [0.2, 0.25) is 5.15 Å². The summed E-state index contributed by atoms with van der Waals surface area (Å²) in [5.41, 5.74) is 2.46. The molecule has 0 unspecified atom stereocenters. The van der Waals surface area contributed by atoms with Crippen LogP contribution in [-0.4, -0.2) is 10.9 Å². The Hall–Kier alpha value is -1.87. The molecule has 0 aliphatic rings. The highest BCUT2D eigenvalue weighted by atomic mass is 35.5. The van der Waals surface area contributed by atoms with E-state index in [0.717, 1.165) is 6.42 Å². The standard InChI is InChI=1S/C14H13ClN2O/c1-2-10-3-5-11(6-4-10)14(18)17-12-7-8-13(15)16-9-12/h3-9H,2H2,1H3,(H,17,18). The van der Waals surface area contributed by atoms with E-state index < -0.39 is 0 Å². The molecule has 4 heteroatoms. The van der Waals surface area contributed by atoms with Crippen LogP contribution in [0.1, 0.15) is 22.8 Å². The number of aryl methyl sites for hydroxylation is 1. The first-order chi connectivity index (χ1) is 8.69. The molecule has 0 radical (unpaired) electrons. The molecule has 18 heavy (non-hydrogen) atoms. The van der Waals surface area contributed by atoms with Gasteiger partial charge in [-0.2, -0.15) is 0 Å². The van der Waals surface area contributed by atoms with Gasteiger partial charge in [0, 0.05) is 5.56 Å². The lowest BCUT2D eigenvalue weighted by Gasteiger charge is -2.05. The maximum absolute atomic E-state index is 11.9. The average molecular weight is 261 g/mol. The third kappa shape index (κ3) is 3.08. The maximum Gasteiger partial charge on any atom is 0.255 e. The van der Waals surface area contributed by atoms with Gasteiger partial charge in [0.15, 0.2) is 0 Å². The number of pyridine rings is 1. The Morgan fingerprint density at radius 3 is 2.50 bits per heavy atom. The normalized spacial score (nSPS) is 10.1. The molecule has 1 aromatic heterocycles. The molecule has 0 spiro atoms. The van der Waals surface area contributed by atoms with Crippen LogP contribution in [0, 0.1) is 0 Å². The van der Waals surface area contributed by atoms with E-state index in [1.807, 2.05) is 24.3 Å². The largest absolute Gasteiger partial charge is 0.321 e. The van der Waals surface area contributed by atoms with Crippen LogP contribution in [0.3, 0.4) is 0 Å². The van der Waals surface area contributed by atoms with E-state index in [9.17, 15) is 4.79 Å². The van der Waals surface area contributed by atoms with Crippen LogP contribution < -0.4 is 5.32 Å². The highest BCUT2D eigenvalue weighted by Gasteiger charge is 2.05. The van der Waals surface area contributed by atoms with Gasteiger partial charge in [0.2, 0.25) is 0 Å². The fourth-order valence-corrected chi connectivity index (χ4v) is 1.66.